The van der Waals surface area contributed by atoms with Crippen molar-refractivity contribution in [1.29, 1.82) is 0 Å². The fraction of sp³-hybridized carbons (Fsp3) is 0.500. The molecule has 0 radical (unpaired) electrons. The van der Waals surface area contributed by atoms with Gasteiger partial charge >= 0.3 is 0 Å². The van der Waals surface area contributed by atoms with Crippen LogP contribution in [-0.2, 0) is 5.67 Å². The van der Waals surface area contributed by atoms with Crippen LogP contribution in [0.25, 0.3) is 0 Å². The molecule has 1 fully saturated rings. The molecule has 0 saturated heterocycles. The lowest BCUT2D eigenvalue weighted by Gasteiger charge is -2.21. The van der Waals surface area contributed by atoms with Gasteiger partial charge < -0.3 is 5.73 Å². The van der Waals surface area contributed by atoms with Gasteiger partial charge in [-0.3, -0.25) is 0 Å². The largest absolute Gasteiger partial charge is 0.328 e. The van der Waals surface area contributed by atoms with Crippen LogP contribution in [0.2, 0.25) is 0 Å². The monoisotopic (exact) mass is 229 g/mol. The topological polar surface area (TPSA) is 26.0 Å². The summed E-state index contributed by atoms with van der Waals surface area (Å²) in [6.07, 6.45) is 0.541. The predicted molar refractivity (Wildman–Crippen MR) is 55.7 cm³/mol. The quantitative estimate of drug-likeness (QED) is 0.787. The van der Waals surface area contributed by atoms with Crippen molar-refractivity contribution < 1.29 is 13.2 Å². The molecule has 88 valence electrons. The van der Waals surface area contributed by atoms with Crippen LogP contribution in [0.1, 0.15) is 30.4 Å². The fourth-order valence-electron chi connectivity index (χ4n) is 2.33. The molecule has 2 N–H and O–H groups in total. The molecule has 2 rings (SSSR count). The highest BCUT2D eigenvalue weighted by Gasteiger charge is 2.43. The third-order valence-electron chi connectivity index (χ3n) is 3.23. The Hall–Kier alpha value is -1.03. The maximum Gasteiger partial charge on any atom is 0.143 e. The van der Waals surface area contributed by atoms with Crippen LogP contribution in [0.5, 0.6) is 0 Å². The molecule has 2 unspecified atom stereocenters. The van der Waals surface area contributed by atoms with Gasteiger partial charge in [-0.15, -0.1) is 0 Å². The number of halogens is 3. The Morgan fingerprint density at radius 2 is 2.06 bits per heavy atom. The van der Waals surface area contributed by atoms with Gasteiger partial charge in [0.2, 0.25) is 0 Å². The molecule has 16 heavy (non-hydrogen) atoms. The lowest BCUT2D eigenvalue weighted by atomic mass is 9.91. The number of nitrogens with two attached hydrogens (primary N) is 1. The molecule has 1 aromatic rings. The van der Waals surface area contributed by atoms with E-state index in [9.17, 15) is 13.2 Å². The molecular weight excluding hydrogens is 215 g/mol. The molecule has 1 aliphatic rings. The van der Waals surface area contributed by atoms with E-state index in [1.54, 1.807) is 0 Å². The molecule has 0 heterocycles. The zero-order valence-corrected chi connectivity index (χ0v) is 9.06. The van der Waals surface area contributed by atoms with E-state index in [2.05, 4.69) is 0 Å². The summed E-state index contributed by atoms with van der Waals surface area (Å²) in [5.74, 6) is -1.60. The van der Waals surface area contributed by atoms with Gasteiger partial charge in [-0.25, -0.2) is 13.2 Å². The van der Waals surface area contributed by atoms with Crippen molar-refractivity contribution in [3.63, 3.8) is 0 Å². The van der Waals surface area contributed by atoms with Crippen molar-refractivity contribution in [2.75, 3.05) is 0 Å². The van der Waals surface area contributed by atoms with Crippen LogP contribution in [0.3, 0.4) is 0 Å². The van der Waals surface area contributed by atoms with Gasteiger partial charge in [0, 0.05) is 12.5 Å². The molecule has 1 aliphatic carbocycles. The normalized spacial score (nSPS) is 29.7. The Morgan fingerprint density at radius 3 is 2.62 bits per heavy atom. The van der Waals surface area contributed by atoms with Crippen molar-refractivity contribution in [3.05, 3.63) is 34.9 Å². The summed E-state index contributed by atoms with van der Waals surface area (Å²) < 4.78 is 41.7. The Labute approximate surface area is 92.5 Å². The van der Waals surface area contributed by atoms with Crippen LogP contribution >= 0.6 is 0 Å². The van der Waals surface area contributed by atoms with Gasteiger partial charge in [-0.05, 0) is 31.4 Å². The van der Waals surface area contributed by atoms with E-state index in [4.69, 9.17) is 5.73 Å². The molecule has 1 saturated carbocycles. The van der Waals surface area contributed by atoms with E-state index in [0.717, 1.165) is 6.07 Å². The van der Waals surface area contributed by atoms with Crippen molar-refractivity contribution in [2.24, 2.45) is 5.73 Å². The highest BCUT2D eigenvalue weighted by molar-refractivity contribution is 5.32. The zero-order chi connectivity index (χ0) is 11.9. The minimum absolute atomic E-state index is 0.00963. The van der Waals surface area contributed by atoms with E-state index < -0.39 is 22.9 Å². The maximum absolute atomic E-state index is 14.4. The number of hydrogen-bond acceptors (Lipinski definition) is 1. The Kier molecular flexibility index (Phi) is 2.70. The lowest BCUT2D eigenvalue weighted by molar-refractivity contribution is 0.159. The van der Waals surface area contributed by atoms with E-state index in [0.29, 0.717) is 6.42 Å². The Morgan fingerprint density at radius 1 is 1.38 bits per heavy atom. The van der Waals surface area contributed by atoms with Crippen LogP contribution in [0.15, 0.2) is 12.1 Å². The van der Waals surface area contributed by atoms with Crippen LogP contribution in [0, 0.1) is 18.6 Å². The molecule has 0 aromatic heterocycles. The summed E-state index contributed by atoms with van der Waals surface area (Å²) in [7, 11) is 0. The van der Waals surface area contributed by atoms with E-state index in [-0.39, 0.29) is 24.4 Å². The summed E-state index contributed by atoms with van der Waals surface area (Å²) in [4.78, 5) is 0. The number of alkyl halides is 1. The fourth-order valence-corrected chi connectivity index (χ4v) is 2.33. The standard InChI is InChI=1S/C12H14F3N/c1-7-2-3-9(13)10(11(7)14)12(15)5-4-8(16)6-12/h2-3,8H,4-6,16H2,1H3. The zero-order valence-electron chi connectivity index (χ0n) is 9.06. The summed E-state index contributed by atoms with van der Waals surface area (Å²) in [5.41, 5.74) is 3.47. The van der Waals surface area contributed by atoms with Crippen molar-refractivity contribution in [2.45, 2.75) is 37.9 Å². The first-order valence-corrected chi connectivity index (χ1v) is 5.33. The summed E-state index contributed by atoms with van der Waals surface area (Å²) in [6, 6.07) is 2.11. The first-order chi connectivity index (χ1) is 7.44. The smallest absolute Gasteiger partial charge is 0.143 e. The average Bonchev–Trinajstić information content (AvgIpc) is 2.54. The van der Waals surface area contributed by atoms with Gasteiger partial charge in [-0.1, -0.05) is 6.07 Å². The molecule has 0 spiro atoms. The molecule has 1 nitrogen and oxygen atoms in total. The molecule has 4 heteroatoms. The average molecular weight is 229 g/mol. The number of hydrogen-bond donors (Lipinski definition) is 1. The number of aryl methyl sites for hydroxylation is 1. The van der Waals surface area contributed by atoms with Crippen LogP contribution in [0.4, 0.5) is 13.2 Å². The van der Waals surface area contributed by atoms with Crippen molar-refractivity contribution >= 4 is 0 Å². The number of rotatable bonds is 1. The minimum Gasteiger partial charge on any atom is -0.328 e. The molecule has 1 aromatic carbocycles. The second kappa shape index (κ2) is 3.77. The first-order valence-electron chi connectivity index (χ1n) is 5.33. The summed E-state index contributed by atoms with van der Waals surface area (Å²) >= 11 is 0. The highest BCUT2D eigenvalue weighted by atomic mass is 19.2. The van der Waals surface area contributed by atoms with Crippen molar-refractivity contribution in [3.8, 4) is 0 Å². The summed E-state index contributed by atoms with van der Waals surface area (Å²) in [5, 5.41) is 0. The number of benzene rings is 1. The van der Waals surface area contributed by atoms with Gasteiger partial charge in [0.05, 0.1) is 5.56 Å². The second-order valence-corrected chi connectivity index (χ2v) is 4.52. The third-order valence-corrected chi connectivity index (χ3v) is 3.23. The van der Waals surface area contributed by atoms with E-state index in [1.807, 2.05) is 0 Å². The van der Waals surface area contributed by atoms with Gasteiger partial charge in [0.25, 0.3) is 0 Å². The molecular formula is C12H14F3N. The third kappa shape index (κ3) is 1.71. The van der Waals surface area contributed by atoms with E-state index in [1.165, 1.54) is 13.0 Å². The van der Waals surface area contributed by atoms with Gasteiger partial charge in [0.15, 0.2) is 0 Å². The lowest BCUT2D eigenvalue weighted by Crippen LogP contribution is -2.24. The SMILES string of the molecule is Cc1ccc(F)c(C2(F)CCC(N)C2)c1F. The summed E-state index contributed by atoms with van der Waals surface area (Å²) in [6.45, 7) is 1.50. The maximum atomic E-state index is 14.4. The highest BCUT2D eigenvalue weighted by Crippen LogP contribution is 2.44. The van der Waals surface area contributed by atoms with Crippen LogP contribution in [-0.4, -0.2) is 6.04 Å². The predicted octanol–water partition coefficient (Wildman–Crippen LogP) is 2.95. The van der Waals surface area contributed by atoms with Crippen LogP contribution < -0.4 is 5.73 Å². The first kappa shape index (κ1) is 11.5. The molecule has 0 aliphatic heterocycles. The second-order valence-electron chi connectivity index (χ2n) is 4.52. The molecule has 2 atom stereocenters. The minimum atomic E-state index is -1.94. The molecule has 0 amide bonds. The van der Waals surface area contributed by atoms with Gasteiger partial charge in [0.1, 0.15) is 17.3 Å². The van der Waals surface area contributed by atoms with Crippen molar-refractivity contribution in [1.82, 2.24) is 0 Å². The molecule has 0 bridgehead atoms. The Balaban J connectivity index is 2.51. The Bertz CT molecular complexity index is 419. The van der Waals surface area contributed by atoms with E-state index >= 15 is 0 Å². The van der Waals surface area contributed by atoms with Gasteiger partial charge in [-0.2, -0.15) is 0 Å².